The molecule has 1 saturated heterocycles. The Labute approximate surface area is 171 Å². The van der Waals surface area contributed by atoms with E-state index in [1.54, 1.807) is 0 Å². The van der Waals surface area contributed by atoms with Gasteiger partial charge in [0, 0.05) is 31.2 Å². The van der Waals surface area contributed by atoms with Crippen LogP contribution in [0.4, 0.5) is 18.9 Å². The van der Waals surface area contributed by atoms with Crippen LogP contribution in [-0.2, 0) is 16.6 Å². The lowest BCUT2D eigenvalue weighted by molar-refractivity contribution is -0.274. The number of carbonyl (C=O) groups is 2. The van der Waals surface area contributed by atoms with Crippen molar-refractivity contribution in [2.75, 3.05) is 25.0 Å². The van der Waals surface area contributed by atoms with Crippen LogP contribution in [-0.4, -0.2) is 47.3 Å². The van der Waals surface area contributed by atoms with Crippen LogP contribution in [0.5, 0.6) is 5.75 Å². The number of halogens is 3. The summed E-state index contributed by atoms with van der Waals surface area (Å²) in [6, 6.07) is 8.42. The summed E-state index contributed by atoms with van der Waals surface area (Å²) in [5.41, 5.74) is 1.22. The Kier molecular flexibility index (Phi) is 6.66. The number of aryl methyl sites for hydroxylation is 1. The summed E-state index contributed by atoms with van der Waals surface area (Å²) < 4.78 is 42.3. The first kappa shape index (κ1) is 21.7. The molecule has 10 heteroatoms. The maximum Gasteiger partial charge on any atom is 0.573 e. The van der Waals surface area contributed by atoms with Crippen molar-refractivity contribution in [2.45, 2.75) is 25.2 Å². The molecular weight excluding hydrogens is 401 g/mol. The van der Waals surface area contributed by atoms with Crippen LogP contribution in [0.15, 0.2) is 42.6 Å². The number of nitrogens with one attached hydrogen (secondary N) is 2. The normalized spacial score (nSPS) is 15.6. The van der Waals surface area contributed by atoms with E-state index in [0.29, 0.717) is 0 Å². The van der Waals surface area contributed by atoms with Crippen molar-refractivity contribution in [2.24, 2.45) is 7.05 Å². The number of anilines is 1. The van der Waals surface area contributed by atoms with Crippen LogP contribution in [0.25, 0.3) is 0 Å². The third kappa shape index (κ3) is 5.76. The molecule has 1 atom stereocenters. The molecule has 1 aromatic heterocycles. The standard InChI is InChI=1S/C20H23F3N4O3/c1-26-10-4-5-16(26)17(27-11-2-3-12-27)13-24-18(28)19(29)25-14-6-8-15(9-7-14)30-20(21,22)23/h4-10,17H,2-3,11-13H2,1H3,(H,24,28)(H,25,29)/t17-/m0/s1. The van der Waals surface area contributed by atoms with E-state index < -0.39 is 23.9 Å². The lowest BCUT2D eigenvalue weighted by Crippen LogP contribution is -2.41. The quantitative estimate of drug-likeness (QED) is 0.700. The van der Waals surface area contributed by atoms with E-state index in [2.05, 4.69) is 20.3 Å². The number of carbonyl (C=O) groups excluding carboxylic acids is 2. The molecule has 3 rings (SSSR count). The number of hydrogen-bond donors (Lipinski definition) is 2. The van der Waals surface area contributed by atoms with Gasteiger partial charge >= 0.3 is 18.2 Å². The van der Waals surface area contributed by atoms with E-state index in [-0.39, 0.29) is 18.3 Å². The fourth-order valence-corrected chi connectivity index (χ4v) is 3.49. The van der Waals surface area contributed by atoms with Crippen LogP contribution in [0, 0.1) is 0 Å². The summed E-state index contributed by atoms with van der Waals surface area (Å²) in [4.78, 5) is 26.7. The minimum Gasteiger partial charge on any atom is -0.406 e. The molecule has 0 radical (unpaired) electrons. The van der Waals surface area contributed by atoms with Gasteiger partial charge in [-0.3, -0.25) is 14.5 Å². The van der Waals surface area contributed by atoms with Gasteiger partial charge in [0.25, 0.3) is 0 Å². The predicted molar refractivity (Wildman–Crippen MR) is 104 cm³/mol. The van der Waals surface area contributed by atoms with E-state index in [1.165, 1.54) is 12.1 Å². The minimum absolute atomic E-state index is 0.0527. The third-order valence-electron chi connectivity index (χ3n) is 4.91. The van der Waals surface area contributed by atoms with Crippen LogP contribution in [0.3, 0.4) is 0 Å². The number of likely N-dealkylation sites (tertiary alicyclic amines) is 1. The number of ether oxygens (including phenoxy) is 1. The van der Waals surface area contributed by atoms with Gasteiger partial charge in [0.2, 0.25) is 0 Å². The van der Waals surface area contributed by atoms with Gasteiger partial charge in [0.1, 0.15) is 5.75 Å². The molecule has 2 N–H and O–H groups in total. The van der Waals surface area contributed by atoms with E-state index in [0.717, 1.165) is 43.8 Å². The van der Waals surface area contributed by atoms with Gasteiger partial charge in [0.05, 0.1) is 6.04 Å². The number of rotatable bonds is 6. The zero-order valence-electron chi connectivity index (χ0n) is 16.4. The largest absolute Gasteiger partial charge is 0.573 e. The van der Waals surface area contributed by atoms with Crippen molar-refractivity contribution in [3.63, 3.8) is 0 Å². The first-order chi connectivity index (χ1) is 14.2. The molecule has 2 heterocycles. The van der Waals surface area contributed by atoms with Crippen LogP contribution in [0.1, 0.15) is 24.6 Å². The molecule has 2 amide bonds. The highest BCUT2D eigenvalue weighted by molar-refractivity contribution is 6.39. The predicted octanol–water partition coefficient (Wildman–Crippen LogP) is 2.82. The number of amides is 2. The maximum atomic E-state index is 12.3. The second-order valence-corrected chi connectivity index (χ2v) is 7.04. The fraction of sp³-hybridized carbons (Fsp3) is 0.400. The van der Waals surface area contributed by atoms with Gasteiger partial charge < -0.3 is 19.9 Å². The highest BCUT2D eigenvalue weighted by atomic mass is 19.4. The van der Waals surface area contributed by atoms with E-state index in [4.69, 9.17) is 0 Å². The third-order valence-corrected chi connectivity index (χ3v) is 4.91. The zero-order valence-corrected chi connectivity index (χ0v) is 16.4. The first-order valence-electron chi connectivity index (χ1n) is 9.53. The van der Waals surface area contributed by atoms with Gasteiger partial charge in [-0.2, -0.15) is 0 Å². The Bertz CT molecular complexity index is 874. The molecule has 1 aliphatic rings. The maximum absolute atomic E-state index is 12.3. The number of alkyl halides is 3. The Morgan fingerprint density at radius 3 is 2.33 bits per heavy atom. The monoisotopic (exact) mass is 424 g/mol. The second-order valence-electron chi connectivity index (χ2n) is 7.04. The highest BCUT2D eigenvalue weighted by Gasteiger charge is 2.31. The lowest BCUT2D eigenvalue weighted by Gasteiger charge is -2.28. The molecule has 1 aromatic carbocycles. The van der Waals surface area contributed by atoms with Crippen molar-refractivity contribution in [1.29, 1.82) is 0 Å². The number of benzene rings is 1. The van der Waals surface area contributed by atoms with Crippen molar-refractivity contribution >= 4 is 17.5 Å². The highest BCUT2D eigenvalue weighted by Crippen LogP contribution is 2.25. The van der Waals surface area contributed by atoms with Gasteiger partial charge in [-0.25, -0.2) is 0 Å². The smallest absolute Gasteiger partial charge is 0.406 e. The van der Waals surface area contributed by atoms with Gasteiger partial charge in [-0.05, 0) is 62.3 Å². The molecule has 30 heavy (non-hydrogen) atoms. The summed E-state index contributed by atoms with van der Waals surface area (Å²) in [5, 5.41) is 5.02. The Balaban J connectivity index is 1.56. The van der Waals surface area contributed by atoms with E-state index >= 15 is 0 Å². The summed E-state index contributed by atoms with van der Waals surface area (Å²) in [5.74, 6) is -2.13. The molecule has 2 aromatic rings. The minimum atomic E-state index is -4.80. The summed E-state index contributed by atoms with van der Waals surface area (Å²) in [7, 11) is 1.93. The van der Waals surface area contributed by atoms with Crippen molar-refractivity contribution < 1.29 is 27.5 Å². The van der Waals surface area contributed by atoms with Crippen molar-refractivity contribution in [3.8, 4) is 5.75 Å². The molecular formula is C20H23F3N4O3. The fourth-order valence-electron chi connectivity index (χ4n) is 3.49. The number of aromatic nitrogens is 1. The molecule has 7 nitrogen and oxygen atoms in total. The molecule has 0 unspecified atom stereocenters. The molecule has 1 fully saturated rings. The first-order valence-corrected chi connectivity index (χ1v) is 9.53. The Morgan fingerprint density at radius 2 is 1.77 bits per heavy atom. The second kappa shape index (κ2) is 9.21. The van der Waals surface area contributed by atoms with Crippen molar-refractivity contribution in [3.05, 3.63) is 48.3 Å². The average molecular weight is 424 g/mol. The average Bonchev–Trinajstić information content (AvgIpc) is 3.35. The summed E-state index contributed by atoms with van der Waals surface area (Å²) >= 11 is 0. The van der Waals surface area contributed by atoms with Crippen molar-refractivity contribution in [1.82, 2.24) is 14.8 Å². The molecule has 0 saturated carbocycles. The van der Waals surface area contributed by atoms with Crippen LogP contribution < -0.4 is 15.4 Å². The molecule has 0 spiro atoms. The Hall–Kier alpha value is -3.01. The SMILES string of the molecule is Cn1cccc1[C@H](CNC(=O)C(=O)Nc1ccc(OC(F)(F)F)cc1)N1CCCC1. The van der Waals surface area contributed by atoms with Gasteiger partial charge in [-0.1, -0.05) is 0 Å². The summed E-state index contributed by atoms with van der Waals surface area (Å²) in [6.07, 6.45) is -0.694. The topological polar surface area (TPSA) is 75.6 Å². The van der Waals surface area contributed by atoms with E-state index in [1.807, 2.05) is 29.9 Å². The Morgan fingerprint density at radius 1 is 1.10 bits per heavy atom. The number of nitrogens with zero attached hydrogens (tertiary/aromatic N) is 2. The van der Waals surface area contributed by atoms with Crippen LogP contribution >= 0.6 is 0 Å². The van der Waals surface area contributed by atoms with Gasteiger partial charge in [-0.15, -0.1) is 13.2 Å². The molecule has 0 bridgehead atoms. The summed E-state index contributed by atoms with van der Waals surface area (Å²) in [6.45, 7) is 2.11. The molecule has 0 aliphatic carbocycles. The van der Waals surface area contributed by atoms with E-state index in [9.17, 15) is 22.8 Å². The van der Waals surface area contributed by atoms with Crippen LogP contribution in [0.2, 0.25) is 0 Å². The molecule has 1 aliphatic heterocycles. The lowest BCUT2D eigenvalue weighted by atomic mass is 10.1. The molecule has 162 valence electrons. The number of hydrogen-bond acceptors (Lipinski definition) is 4. The van der Waals surface area contributed by atoms with Gasteiger partial charge in [0.15, 0.2) is 0 Å². The zero-order chi connectivity index (χ0) is 21.7.